The van der Waals surface area contributed by atoms with E-state index in [4.69, 9.17) is 4.74 Å². The summed E-state index contributed by atoms with van der Waals surface area (Å²) in [7, 11) is 0. The second-order valence-corrected chi connectivity index (χ2v) is 10.6. The molecular formula is C31H42N4O5. The number of carboxylic acid groups (broad SMARTS) is 1. The van der Waals surface area contributed by atoms with Crippen molar-refractivity contribution >= 4 is 11.8 Å². The molecule has 0 aliphatic rings. The van der Waals surface area contributed by atoms with Crippen molar-refractivity contribution in [1.29, 1.82) is 0 Å². The highest BCUT2D eigenvalue weighted by Crippen LogP contribution is 2.21. The number of unbranched alkanes of at least 4 members (excludes halogenated alkanes) is 5. The molecule has 0 bridgehead atoms. The van der Waals surface area contributed by atoms with Crippen molar-refractivity contribution in [2.24, 2.45) is 0 Å². The third-order valence-corrected chi connectivity index (χ3v) is 6.75. The Morgan fingerprint density at radius 1 is 0.950 bits per heavy atom. The van der Waals surface area contributed by atoms with Gasteiger partial charge in [-0.3, -0.25) is 9.36 Å². The highest BCUT2D eigenvalue weighted by atomic mass is 16.5. The standard InChI is InChI=1S/C31H42N4O5/c1-4-5-6-7-13-21-35-30(39)34(23-25-16-9-8-10-17-25)28(36)27(33-35)32-20-12-11-15-24-18-14-19-26(22-24)40-31(2,3)29(37)38/h8-10,14,16-19,22H,4-7,11-13,15,20-21,23H2,1-3H3,(H,32,33)(H,37,38). The number of hydrogen-bond donors (Lipinski definition) is 2. The molecule has 3 aromatic rings. The minimum absolute atomic E-state index is 0.190. The van der Waals surface area contributed by atoms with Gasteiger partial charge in [0.2, 0.25) is 5.82 Å². The lowest BCUT2D eigenvalue weighted by Crippen LogP contribution is -2.43. The zero-order chi connectivity index (χ0) is 29.0. The number of hydrogen-bond acceptors (Lipinski definition) is 6. The van der Waals surface area contributed by atoms with E-state index >= 15 is 0 Å². The molecule has 1 aromatic heterocycles. The fourth-order valence-corrected chi connectivity index (χ4v) is 4.35. The average Bonchev–Trinajstić information content (AvgIpc) is 2.93. The van der Waals surface area contributed by atoms with Gasteiger partial charge in [-0.2, -0.15) is 0 Å². The van der Waals surface area contributed by atoms with E-state index in [1.165, 1.54) is 29.5 Å². The lowest BCUT2D eigenvalue weighted by molar-refractivity contribution is -0.152. The van der Waals surface area contributed by atoms with E-state index in [2.05, 4.69) is 17.3 Å². The predicted molar refractivity (Wildman–Crippen MR) is 157 cm³/mol. The Hall–Kier alpha value is -3.88. The number of carbonyl (C=O) groups is 1. The first-order valence-electron chi connectivity index (χ1n) is 14.2. The maximum atomic E-state index is 13.2. The molecule has 0 saturated carbocycles. The van der Waals surface area contributed by atoms with Crippen molar-refractivity contribution < 1.29 is 14.6 Å². The molecule has 9 heteroatoms. The van der Waals surface area contributed by atoms with Crippen LogP contribution in [0.2, 0.25) is 0 Å². The summed E-state index contributed by atoms with van der Waals surface area (Å²) in [5.41, 5.74) is -0.190. The van der Waals surface area contributed by atoms with Gasteiger partial charge < -0.3 is 15.2 Å². The fraction of sp³-hybridized carbons (Fsp3) is 0.484. The second kappa shape index (κ2) is 15.1. The number of nitrogens with zero attached hydrogens (tertiary/aromatic N) is 3. The van der Waals surface area contributed by atoms with E-state index in [1.54, 1.807) is 6.07 Å². The van der Waals surface area contributed by atoms with Crippen LogP contribution in [0.5, 0.6) is 5.75 Å². The SMILES string of the molecule is CCCCCCCn1nc(NCCCCc2cccc(OC(C)(C)C(=O)O)c2)c(=O)n(Cc2ccccc2)c1=O. The summed E-state index contributed by atoms with van der Waals surface area (Å²) >= 11 is 0. The number of rotatable bonds is 17. The first kappa shape index (κ1) is 30.7. The van der Waals surface area contributed by atoms with Gasteiger partial charge in [0.05, 0.1) is 6.54 Å². The Bertz CT molecular complexity index is 1350. The van der Waals surface area contributed by atoms with Crippen LogP contribution in [0.4, 0.5) is 5.82 Å². The van der Waals surface area contributed by atoms with Gasteiger partial charge in [0.15, 0.2) is 5.60 Å². The van der Waals surface area contributed by atoms with Gasteiger partial charge >= 0.3 is 11.7 Å². The van der Waals surface area contributed by atoms with Crippen LogP contribution in [0.3, 0.4) is 0 Å². The summed E-state index contributed by atoms with van der Waals surface area (Å²) in [6.45, 7) is 6.41. The predicted octanol–water partition coefficient (Wildman–Crippen LogP) is 5.10. The Morgan fingerprint density at radius 2 is 1.68 bits per heavy atom. The van der Waals surface area contributed by atoms with Crippen molar-refractivity contribution in [2.45, 2.75) is 90.8 Å². The zero-order valence-corrected chi connectivity index (χ0v) is 23.9. The van der Waals surface area contributed by atoms with E-state index < -0.39 is 17.1 Å². The maximum absolute atomic E-state index is 13.2. The summed E-state index contributed by atoms with van der Waals surface area (Å²) in [6, 6.07) is 16.9. The topological polar surface area (TPSA) is 115 Å². The Morgan fingerprint density at radius 3 is 2.40 bits per heavy atom. The van der Waals surface area contributed by atoms with Crippen molar-refractivity contribution in [3.8, 4) is 5.75 Å². The van der Waals surface area contributed by atoms with Gasteiger partial charge in [0.1, 0.15) is 5.75 Å². The largest absolute Gasteiger partial charge is 0.478 e. The van der Waals surface area contributed by atoms with Crippen LogP contribution in [-0.4, -0.2) is 37.6 Å². The maximum Gasteiger partial charge on any atom is 0.347 e. The third-order valence-electron chi connectivity index (χ3n) is 6.75. The van der Waals surface area contributed by atoms with Crippen molar-refractivity contribution in [3.05, 3.63) is 86.6 Å². The number of nitrogens with one attached hydrogen (secondary N) is 1. The van der Waals surface area contributed by atoms with Crippen LogP contribution < -0.4 is 21.3 Å². The molecule has 0 aliphatic heterocycles. The van der Waals surface area contributed by atoms with Crippen molar-refractivity contribution in [1.82, 2.24) is 14.3 Å². The molecule has 0 aliphatic carbocycles. The molecule has 216 valence electrons. The summed E-state index contributed by atoms with van der Waals surface area (Å²) in [4.78, 5) is 37.7. The molecule has 9 nitrogen and oxygen atoms in total. The van der Waals surface area contributed by atoms with E-state index in [-0.39, 0.29) is 18.1 Å². The lowest BCUT2D eigenvalue weighted by atomic mass is 10.1. The molecule has 3 rings (SSSR count). The summed E-state index contributed by atoms with van der Waals surface area (Å²) < 4.78 is 8.32. The number of aliphatic carboxylic acids is 1. The minimum Gasteiger partial charge on any atom is -0.478 e. The lowest BCUT2D eigenvalue weighted by Gasteiger charge is -2.21. The average molecular weight is 551 g/mol. The number of benzene rings is 2. The number of ether oxygens (including phenoxy) is 1. The molecule has 1 heterocycles. The fourth-order valence-electron chi connectivity index (χ4n) is 4.35. The Balaban J connectivity index is 1.63. The van der Waals surface area contributed by atoms with E-state index in [0.29, 0.717) is 18.8 Å². The number of anilines is 1. The summed E-state index contributed by atoms with van der Waals surface area (Å²) in [6.07, 6.45) is 7.68. The van der Waals surface area contributed by atoms with Gasteiger partial charge in [-0.15, -0.1) is 5.10 Å². The molecule has 2 aromatic carbocycles. The number of aromatic nitrogens is 3. The van der Waals surface area contributed by atoms with Crippen LogP contribution in [-0.2, 0) is 24.3 Å². The van der Waals surface area contributed by atoms with Gasteiger partial charge in [0, 0.05) is 13.1 Å². The molecule has 40 heavy (non-hydrogen) atoms. The van der Waals surface area contributed by atoms with Crippen LogP contribution >= 0.6 is 0 Å². The normalized spacial score (nSPS) is 11.4. The van der Waals surface area contributed by atoms with Gasteiger partial charge in [-0.1, -0.05) is 75.1 Å². The third kappa shape index (κ3) is 9.10. The monoisotopic (exact) mass is 550 g/mol. The molecule has 0 radical (unpaired) electrons. The first-order chi connectivity index (χ1) is 19.2. The van der Waals surface area contributed by atoms with E-state index in [9.17, 15) is 19.5 Å². The molecule has 0 atom stereocenters. The Kier molecular flexibility index (Phi) is 11.5. The quantitative estimate of drug-likeness (QED) is 0.225. The van der Waals surface area contributed by atoms with E-state index in [0.717, 1.165) is 56.1 Å². The second-order valence-electron chi connectivity index (χ2n) is 10.6. The van der Waals surface area contributed by atoms with Crippen LogP contribution in [0.15, 0.2) is 64.2 Å². The van der Waals surface area contributed by atoms with Crippen LogP contribution in [0.25, 0.3) is 0 Å². The molecule has 2 N–H and O–H groups in total. The molecular weight excluding hydrogens is 508 g/mol. The zero-order valence-electron chi connectivity index (χ0n) is 23.9. The molecule has 0 amide bonds. The minimum atomic E-state index is -1.31. The molecule has 0 spiro atoms. The van der Waals surface area contributed by atoms with Gasteiger partial charge in [-0.25, -0.2) is 14.3 Å². The highest BCUT2D eigenvalue weighted by molar-refractivity contribution is 5.76. The van der Waals surface area contributed by atoms with Crippen LogP contribution in [0.1, 0.15) is 76.8 Å². The summed E-state index contributed by atoms with van der Waals surface area (Å²) in [5.74, 6) is -0.318. The van der Waals surface area contributed by atoms with Crippen molar-refractivity contribution in [3.63, 3.8) is 0 Å². The molecule has 0 unspecified atom stereocenters. The Labute approximate surface area is 235 Å². The smallest absolute Gasteiger partial charge is 0.347 e. The molecule has 0 fully saturated rings. The molecule has 0 saturated heterocycles. The highest BCUT2D eigenvalue weighted by Gasteiger charge is 2.29. The van der Waals surface area contributed by atoms with Crippen molar-refractivity contribution in [2.75, 3.05) is 11.9 Å². The van der Waals surface area contributed by atoms with Crippen LogP contribution in [0, 0.1) is 0 Å². The van der Waals surface area contributed by atoms with Gasteiger partial charge in [-0.05, 0) is 62.8 Å². The number of carboxylic acids is 1. The van der Waals surface area contributed by atoms with E-state index in [1.807, 2.05) is 48.5 Å². The first-order valence-corrected chi connectivity index (χ1v) is 14.2. The summed E-state index contributed by atoms with van der Waals surface area (Å²) in [5, 5.41) is 16.9. The van der Waals surface area contributed by atoms with Gasteiger partial charge in [0.25, 0.3) is 5.56 Å². The number of aryl methyl sites for hydroxylation is 2.